The lowest BCUT2D eigenvalue weighted by Gasteiger charge is -2.35. The van der Waals surface area contributed by atoms with Crippen molar-refractivity contribution in [3.63, 3.8) is 0 Å². The van der Waals surface area contributed by atoms with Gasteiger partial charge in [0.25, 0.3) is 0 Å². The maximum absolute atomic E-state index is 12.2. The molecule has 0 aromatic carbocycles. The Morgan fingerprint density at radius 2 is 2.10 bits per heavy atom. The monoisotopic (exact) mass is 150 g/mol. The minimum Gasteiger partial charge on any atom is -0.393 e. The highest BCUT2D eigenvalue weighted by atomic mass is 19.3. The summed E-state index contributed by atoms with van der Waals surface area (Å²) in [5.74, 6) is -2.38. The highest BCUT2D eigenvalue weighted by molar-refractivity contribution is 4.86. The SMILES string of the molecule is C[C@H](O)CC1CC(F)(F)C1. The van der Waals surface area contributed by atoms with E-state index >= 15 is 0 Å². The van der Waals surface area contributed by atoms with Crippen LogP contribution in [0.3, 0.4) is 0 Å². The van der Waals surface area contributed by atoms with Crippen LogP contribution in [-0.4, -0.2) is 17.1 Å². The van der Waals surface area contributed by atoms with Gasteiger partial charge in [0.2, 0.25) is 5.92 Å². The lowest BCUT2D eigenvalue weighted by molar-refractivity contribution is -0.118. The summed E-state index contributed by atoms with van der Waals surface area (Å²) in [6.07, 6.45) is 0.0341. The molecule has 1 atom stereocenters. The van der Waals surface area contributed by atoms with E-state index in [-0.39, 0.29) is 18.8 Å². The first-order valence-corrected chi connectivity index (χ1v) is 3.55. The number of alkyl halides is 2. The third-order valence-corrected chi connectivity index (χ3v) is 1.85. The van der Waals surface area contributed by atoms with Crippen LogP contribution in [0.25, 0.3) is 0 Å². The van der Waals surface area contributed by atoms with Gasteiger partial charge >= 0.3 is 0 Å². The molecule has 0 aromatic rings. The third kappa shape index (κ3) is 1.90. The molecule has 0 heterocycles. The van der Waals surface area contributed by atoms with E-state index in [1.807, 2.05) is 0 Å². The second kappa shape index (κ2) is 2.46. The number of aliphatic hydroxyl groups is 1. The Morgan fingerprint density at radius 3 is 2.40 bits per heavy atom. The first-order valence-electron chi connectivity index (χ1n) is 3.55. The molecular formula is C7H12F2O. The maximum atomic E-state index is 12.2. The molecule has 0 radical (unpaired) electrons. The average Bonchev–Trinajstić information content (AvgIpc) is 1.57. The van der Waals surface area contributed by atoms with E-state index in [9.17, 15) is 8.78 Å². The molecule has 1 fully saturated rings. The zero-order chi connectivity index (χ0) is 7.78. The Kier molecular flexibility index (Phi) is 1.95. The second-order valence-corrected chi connectivity index (χ2v) is 3.21. The van der Waals surface area contributed by atoms with Crippen molar-refractivity contribution in [2.24, 2.45) is 5.92 Å². The summed E-state index contributed by atoms with van der Waals surface area (Å²) in [6.45, 7) is 1.64. The summed E-state index contributed by atoms with van der Waals surface area (Å²) in [5.41, 5.74) is 0. The molecule has 3 heteroatoms. The van der Waals surface area contributed by atoms with Crippen molar-refractivity contribution >= 4 is 0 Å². The van der Waals surface area contributed by atoms with Crippen molar-refractivity contribution in [1.29, 1.82) is 0 Å². The third-order valence-electron chi connectivity index (χ3n) is 1.85. The zero-order valence-corrected chi connectivity index (χ0v) is 5.98. The normalized spacial score (nSPS) is 27.6. The molecule has 10 heavy (non-hydrogen) atoms. The van der Waals surface area contributed by atoms with E-state index in [1.54, 1.807) is 6.92 Å². The molecule has 1 nitrogen and oxygen atoms in total. The predicted octanol–water partition coefficient (Wildman–Crippen LogP) is 1.80. The standard InChI is InChI=1S/C7H12F2O/c1-5(10)2-6-3-7(8,9)4-6/h5-6,10H,2-4H2,1H3/t5-/m0/s1. The summed E-state index contributed by atoms with van der Waals surface area (Å²) < 4.78 is 24.3. The fraction of sp³-hybridized carbons (Fsp3) is 1.00. The highest BCUT2D eigenvalue weighted by Crippen LogP contribution is 2.44. The summed E-state index contributed by atoms with van der Waals surface area (Å²) in [6, 6.07) is 0. The Balaban J connectivity index is 2.15. The van der Waals surface area contributed by atoms with E-state index in [2.05, 4.69) is 0 Å². The van der Waals surface area contributed by atoms with Crippen molar-refractivity contribution in [2.75, 3.05) is 0 Å². The van der Waals surface area contributed by atoms with Crippen LogP contribution >= 0.6 is 0 Å². The number of rotatable bonds is 2. The molecule has 0 spiro atoms. The summed E-state index contributed by atoms with van der Waals surface area (Å²) >= 11 is 0. The fourth-order valence-electron chi connectivity index (χ4n) is 1.43. The van der Waals surface area contributed by atoms with E-state index in [1.165, 1.54) is 0 Å². The minimum atomic E-state index is -2.43. The molecule has 1 rings (SSSR count). The Bertz CT molecular complexity index is 112. The molecule has 0 aliphatic heterocycles. The van der Waals surface area contributed by atoms with Crippen LogP contribution in [0.5, 0.6) is 0 Å². The number of hydrogen-bond donors (Lipinski definition) is 1. The van der Waals surface area contributed by atoms with Gasteiger partial charge in [-0.3, -0.25) is 0 Å². The van der Waals surface area contributed by atoms with E-state index in [0.29, 0.717) is 6.42 Å². The summed E-state index contributed by atoms with van der Waals surface area (Å²) in [4.78, 5) is 0. The van der Waals surface area contributed by atoms with Gasteiger partial charge in [-0.1, -0.05) is 0 Å². The maximum Gasteiger partial charge on any atom is 0.248 e. The lowest BCUT2D eigenvalue weighted by atomic mass is 9.78. The van der Waals surface area contributed by atoms with Gasteiger partial charge in [0.1, 0.15) is 0 Å². The number of halogens is 2. The molecule has 1 N–H and O–H groups in total. The predicted molar refractivity (Wildman–Crippen MR) is 34.0 cm³/mol. The van der Waals surface area contributed by atoms with Crippen LogP contribution in [0.2, 0.25) is 0 Å². The Hall–Kier alpha value is -0.180. The van der Waals surface area contributed by atoms with Gasteiger partial charge in [-0.25, -0.2) is 8.78 Å². The topological polar surface area (TPSA) is 20.2 Å². The van der Waals surface area contributed by atoms with E-state index in [4.69, 9.17) is 5.11 Å². The summed E-state index contributed by atoms with van der Waals surface area (Å²) in [5, 5.41) is 8.81. The van der Waals surface area contributed by atoms with Crippen molar-refractivity contribution in [3.8, 4) is 0 Å². The van der Waals surface area contributed by atoms with Gasteiger partial charge < -0.3 is 5.11 Å². The van der Waals surface area contributed by atoms with E-state index < -0.39 is 12.0 Å². The lowest BCUT2D eigenvalue weighted by Crippen LogP contribution is -2.36. The largest absolute Gasteiger partial charge is 0.393 e. The Labute approximate surface area is 59.0 Å². The highest BCUT2D eigenvalue weighted by Gasteiger charge is 2.45. The van der Waals surface area contributed by atoms with Crippen LogP contribution in [0.15, 0.2) is 0 Å². The van der Waals surface area contributed by atoms with Crippen molar-refractivity contribution in [2.45, 2.75) is 38.2 Å². The molecule has 1 saturated carbocycles. The zero-order valence-electron chi connectivity index (χ0n) is 5.98. The fourth-order valence-corrected chi connectivity index (χ4v) is 1.43. The molecule has 0 aromatic heterocycles. The van der Waals surface area contributed by atoms with Gasteiger partial charge in [-0.2, -0.15) is 0 Å². The van der Waals surface area contributed by atoms with Gasteiger partial charge in [0.05, 0.1) is 6.10 Å². The first-order chi connectivity index (χ1) is 4.49. The quantitative estimate of drug-likeness (QED) is 0.636. The molecule has 0 bridgehead atoms. The molecule has 1 aliphatic rings. The molecule has 60 valence electrons. The minimum absolute atomic E-state index is 0.0299. The van der Waals surface area contributed by atoms with Gasteiger partial charge in [0, 0.05) is 12.8 Å². The number of hydrogen-bond acceptors (Lipinski definition) is 1. The van der Waals surface area contributed by atoms with Crippen molar-refractivity contribution < 1.29 is 13.9 Å². The van der Waals surface area contributed by atoms with Crippen LogP contribution < -0.4 is 0 Å². The molecule has 0 amide bonds. The molecule has 0 unspecified atom stereocenters. The van der Waals surface area contributed by atoms with E-state index in [0.717, 1.165) is 0 Å². The van der Waals surface area contributed by atoms with Gasteiger partial charge in [-0.15, -0.1) is 0 Å². The van der Waals surface area contributed by atoms with Crippen LogP contribution in [-0.2, 0) is 0 Å². The summed E-state index contributed by atoms with van der Waals surface area (Å²) in [7, 11) is 0. The second-order valence-electron chi connectivity index (χ2n) is 3.21. The van der Waals surface area contributed by atoms with Gasteiger partial charge in [0.15, 0.2) is 0 Å². The average molecular weight is 150 g/mol. The molecule has 0 saturated heterocycles. The molecule has 1 aliphatic carbocycles. The van der Waals surface area contributed by atoms with Crippen molar-refractivity contribution in [1.82, 2.24) is 0 Å². The smallest absolute Gasteiger partial charge is 0.248 e. The van der Waals surface area contributed by atoms with Crippen LogP contribution in [0, 0.1) is 5.92 Å². The Morgan fingerprint density at radius 1 is 1.60 bits per heavy atom. The van der Waals surface area contributed by atoms with Crippen LogP contribution in [0.1, 0.15) is 26.2 Å². The van der Waals surface area contributed by atoms with Gasteiger partial charge in [-0.05, 0) is 19.3 Å². The van der Waals surface area contributed by atoms with Crippen LogP contribution in [0.4, 0.5) is 8.78 Å². The first kappa shape index (κ1) is 7.92. The number of aliphatic hydroxyl groups excluding tert-OH is 1. The molecular weight excluding hydrogens is 138 g/mol. The van der Waals surface area contributed by atoms with Crippen molar-refractivity contribution in [3.05, 3.63) is 0 Å².